The third-order valence-electron chi connectivity index (χ3n) is 3.74. The summed E-state index contributed by atoms with van der Waals surface area (Å²) in [5.41, 5.74) is 2.27. The highest BCUT2D eigenvalue weighted by molar-refractivity contribution is 5.76. The van der Waals surface area contributed by atoms with E-state index < -0.39 is 0 Å². The van der Waals surface area contributed by atoms with Crippen molar-refractivity contribution < 1.29 is 4.79 Å². The van der Waals surface area contributed by atoms with E-state index in [-0.39, 0.29) is 6.03 Å². The summed E-state index contributed by atoms with van der Waals surface area (Å²) in [6.45, 7) is 2.87. The van der Waals surface area contributed by atoms with E-state index in [1.165, 1.54) is 0 Å². The molecule has 0 saturated carbocycles. The van der Waals surface area contributed by atoms with Gasteiger partial charge >= 0.3 is 6.03 Å². The molecule has 4 nitrogen and oxygen atoms in total. The maximum atomic E-state index is 12.4. The van der Waals surface area contributed by atoms with Crippen LogP contribution in [0.1, 0.15) is 11.1 Å². The third kappa shape index (κ3) is 3.52. The van der Waals surface area contributed by atoms with E-state index in [0.717, 1.165) is 24.2 Å². The van der Waals surface area contributed by atoms with Gasteiger partial charge in [0.25, 0.3) is 0 Å². The Bertz CT molecular complexity index is 640. The highest BCUT2D eigenvalue weighted by Crippen LogP contribution is 2.13. The van der Waals surface area contributed by atoms with Crippen LogP contribution in [0.15, 0.2) is 60.9 Å². The predicted molar refractivity (Wildman–Crippen MR) is 87.1 cm³/mol. The molecule has 1 aromatic carbocycles. The Morgan fingerprint density at radius 1 is 1.00 bits per heavy atom. The first kappa shape index (κ1) is 14.3. The molecule has 0 radical (unpaired) electrons. The highest BCUT2D eigenvalue weighted by atomic mass is 16.2. The summed E-state index contributed by atoms with van der Waals surface area (Å²) in [7, 11) is 0. The summed E-state index contributed by atoms with van der Waals surface area (Å²) in [6, 6.07) is 14.1. The van der Waals surface area contributed by atoms with Crippen LogP contribution in [-0.4, -0.2) is 40.4 Å². The Morgan fingerprint density at radius 2 is 1.73 bits per heavy atom. The van der Waals surface area contributed by atoms with Gasteiger partial charge in [0.15, 0.2) is 0 Å². The molecule has 0 atom stereocenters. The number of carbonyl (C=O) groups excluding carboxylic acids is 1. The van der Waals surface area contributed by atoms with Gasteiger partial charge in [-0.3, -0.25) is 4.98 Å². The number of hydrogen-bond acceptors (Lipinski definition) is 2. The van der Waals surface area contributed by atoms with Gasteiger partial charge in [-0.15, -0.1) is 0 Å². The first-order valence-corrected chi connectivity index (χ1v) is 7.47. The van der Waals surface area contributed by atoms with Crippen molar-refractivity contribution in [3.05, 3.63) is 72.1 Å². The third-order valence-corrected chi connectivity index (χ3v) is 3.74. The predicted octanol–water partition coefficient (Wildman–Crippen LogP) is 3.03. The summed E-state index contributed by atoms with van der Waals surface area (Å²) in [5.74, 6) is 0. The summed E-state index contributed by atoms with van der Waals surface area (Å²) in [4.78, 5) is 20.1. The highest BCUT2D eigenvalue weighted by Gasteiger charge is 2.27. The van der Waals surface area contributed by atoms with E-state index in [9.17, 15) is 4.79 Å². The molecule has 3 rings (SSSR count). The van der Waals surface area contributed by atoms with Gasteiger partial charge in [-0.1, -0.05) is 42.5 Å². The summed E-state index contributed by atoms with van der Waals surface area (Å²) >= 11 is 0. The molecule has 112 valence electrons. The van der Waals surface area contributed by atoms with Crippen LogP contribution in [0, 0.1) is 0 Å². The fourth-order valence-corrected chi connectivity index (χ4v) is 2.54. The van der Waals surface area contributed by atoms with Gasteiger partial charge in [-0.2, -0.15) is 0 Å². The van der Waals surface area contributed by atoms with Crippen molar-refractivity contribution in [3.63, 3.8) is 0 Å². The zero-order valence-electron chi connectivity index (χ0n) is 12.4. The molecule has 2 aromatic rings. The fourth-order valence-electron chi connectivity index (χ4n) is 2.54. The molecular weight excluding hydrogens is 274 g/mol. The van der Waals surface area contributed by atoms with Gasteiger partial charge < -0.3 is 9.80 Å². The van der Waals surface area contributed by atoms with Crippen LogP contribution in [0.25, 0.3) is 6.08 Å². The van der Waals surface area contributed by atoms with Crippen LogP contribution >= 0.6 is 0 Å². The lowest BCUT2D eigenvalue weighted by Crippen LogP contribution is -2.31. The molecule has 2 heterocycles. The van der Waals surface area contributed by atoms with Gasteiger partial charge in [0, 0.05) is 38.6 Å². The number of amides is 2. The van der Waals surface area contributed by atoms with Crippen molar-refractivity contribution in [2.24, 2.45) is 0 Å². The Labute approximate surface area is 130 Å². The molecule has 1 saturated heterocycles. The average molecular weight is 293 g/mol. The maximum absolute atomic E-state index is 12.4. The summed E-state index contributed by atoms with van der Waals surface area (Å²) in [5, 5.41) is 0. The van der Waals surface area contributed by atoms with Crippen molar-refractivity contribution in [1.29, 1.82) is 0 Å². The normalized spacial score (nSPS) is 15.0. The summed E-state index contributed by atoms with van der Waals surface area (Å²) in [6.07, 6.45) is 7.62. The largest absolute Gasteiger partial charge is 0.320 e. The average Bonchev–Trinajstić information content (AvgIpc) is 2.90. The molecule has 4 heteroatoms. The van der Waals surface area contributed by atoms with Crippen LogP contribution < -0.4 is 0 Å². The van der Waals surface area contributed by atoms with Crippen molar-refractivity contribution in [3.8, 4) is 0 Å². The number of urea groups is 1. The van der Waals surface area contributed by atoms with Crippen LogP contribution in [0.2, 0.25) is 0 Å². The SMILES string of the molecule is O=C1N(C/C=C/c2ccccc2)CCN1Cc1ccncc1. The number of nitrogens with zero attached hydrogens (tertiary/aromatic N) is 3. The van der Waals surface area contributed by atoms with Gasteiger partial charge in [0.1, 0.15) is 0 Å². The molecular formula is C18H19N3O. The number of rotatable bonds is 5. The van der Waals surface area contributed by atoms with Gasteiger partial charge in [-0.05, 0) is 23.3 Å². The van der Waals surface area contributed by atoms with E-state index in [2.05, 4.69) is 23.2 Å². The first-order chi connectivity index (χ1) is 10.8. The second-order valence-electron chi connectivity index (χ2n) is 5.32. The Morgan fingerprint density at radius 3 is 2.50 bits per heavy atom. The number of hydrogen-bond donors (Lipinski definition) is 0. The second-order valence-corrected chi connectivity index (χ2v) is 5.32. The van der Waals surface area contributed by atoms with E-state index >= 15 is 0 Å². The van der Waals surface area contributed by atoms with Gasteiger partial charge in [-0.25, -0.2) is 4.79 Å². The Balaban J connectivity index is 1.54. The molecule has 1 aliphatic heterocycles. The topological polar surface area (TPSA) is 36.4 Å². The zero-order valence-corrected chi connectivity index (χ0v) is 12.4. The van der Waals surface area contributed by atoms with Crippen LogP contribution in [0.4, 0.5) is 4.79 Å². The van der Waals surface area contributed by atoms with Crippen molar-refractivity contribution in [1.82, 2.24) is 14.8 Å². The van der Waals surface area contributed by atoms with Gasteiger partial charge in [0.05, 0.1) is 0 Å². The molecule has 1 aromatic heterocycles. The number of benzene rings is 1. The smallest absolute Gasteiger partial charge is 0.319 e. The fraction of sp³-hybridized carbons (Fsp3) is 0.222. The molecule has 0 N–H and O–H groups in total. The Kier molecular flexibility index (Phi) is 4.49. The molecule has 0 bridgehead atoms. The monoisotopic (exact) mass is 293 g/mol. The van der Waals surface area contributed by atoms with E-state index in [4.69, 9.17) is 0 Å². The quantitative estimate of drug-likeness (QED) is 0.849. The lowest BCUT2D eigenvalue weighted by molar-refractivity contribution is 0.193. The molecule has 2 amide bonds. The number of carbonyl (C=O) groups is 1. The van der Waals surface area contributed by atoms with Gasteiger partial charge in [0.2, 0.25) is 0 Å². The first-order valence-electron chi connectivity index (χ1n) is 7.47. The molecule has 1 aliphatic rings. The molecule has 0 spiro atoms. The molecule has 1 fully saturated rings. The number of aromatic nitrogens is 1. The van der Waals surface area contributed by atoms with E-state index in [1.54, 1.807) is 12.4 Å². The van der Waals surface area contributed by atoms with Crippen LogP contribution in [-0.2, 0) is 6.54 Å². The zero-order chi connectivity index (χ0) is 15.2. The second kappa shape index (κ2) is 6.89. The van der Waals surface area contributed by atoms with E-state index in [1.807, 2.05) is 46.2 Å². The minimum absolute atomic E-state index is 0.106. The van der Waals surface area contributed by atoms with Crippen LogP contribution in [0.3, 0.4) is 0 Å². The van der Waals surface area contributed by atoms with E-state index in [0.29, 0.717) is 13.1 Å². The number of pyridine rings is 1. The summed E-state index contributed by atoms with van der Waals surface area (Å²) < 4.78 is 0. The Hall–Kier alpha value is -2.62. The van der Waals surface area contributed by atoms with Crippen molar-refractivity contribution >= 4 is 12.1 Å². The lowest BCUT2D eigenvalue weighted by atomic mass is 10.2. The molecule has 0 aliphatic carbocycles. The van der Waals surface area contributed by atoms with Crippen molar-refractivity contribution in [2.75, 3.05) is 19.6 Å². The van der Waals surface area contributed by atoms with Crippen LogP contribution in [0.5, 0.6) is 0 Å². The minimum atomic E-state index is 0.106. The lowest BCUT2D eigenvalue weighted by Gasteiger charge is -2.17. The standard InChI is InChI=1S/C18H19N3O/c22-18-20(12-4-7-16-5-2-1-3-6-16)13-14-21(18)15-17-8-10-19-11-9-17/h1-11H,12-15H2/b7-4+. The maximum Gasteiger partial charge on any atom is 0.320 e. The molecule has 0 unspecified atom stereocenters. The minimum Gasteiger partial charge on any atom is -0.319 e. The van der Waals surface area contributed by atoms with Crippen molar-refractivity contribution in [2.45, 2.75) is 6.54 Å². The molecule has 22 heavy (non-hydrogen) atoms.